The first-order valence-corrected chi connectivity index (χ1v) is 5.77. The summed E-state index contributed by atoms with van der Waals surface area (Å²) in [5.74, 6) is 0. The highest BCUT2D eigenvalue weighted by molar-refractivity contribution is 5.49. The second-order valence-corrected chi connectivity index (χ2v) is 3.41. The van der Waals surface area contributed by atoms with Gasteiger partial charge >= 0.3 is 0 Å². The Labute approximate surface area is 102 Å². The van der Waals surface area contributed by atoms with Crippen LogP contribution in [0.3, 0.4) is 0 Å². The smallest absolute Gasteiger partial charge is 0.174 e. The lowest BCUT2D eigenvalue weighted by Gasteiger charge is -2.18. The van der Waals surface area contributed by atoms with Gasteiger partial charge in [0, 0.05) is 18.9 Å². The van der Waals surface area contributed by atoms with Crippen LogP contribution in [0.1, 0.15) is 19.4 Å². The Kier molecular flexibility index (Phi) is 6.08. The summed E-state index contributed by atoms with van der Waals surface area (Å²) in [6.45, 7) is 5.66. The van der Waals surface area contributed by atoms with Crippen LogP contribution in [0.25, 0.3) is 0 Å². The van der Waals surface area contributed by atoms with Crippen molar-refractivity contribution >= 4 is 5.69 Å². The zero-order chi connectivity index (χ0) is 12.5. The molecule has 4 heteroatoms. The lowest BCUT2D eigenvalue weighted by atomic mass is 10.2. The van der Waals surface area contributed by atoms with Gasteiger partial charge in [-0.3, -0.25) is 0 Å². The summed E-state index contributed by atoms with van der Waals surface area (Å²) < 4.78 is 10.8. The first-order valence-electron chi connectivity index (χ1n) is 5.77. The maximum atomic E-state index is 8.78. The SMILES string of the molecule is CCOC(CNc1cccc(C#N)c1)OCC. The van der Waals surface area contributed by atoms with Crippen molar-refractivity contribution in [2.75, 3.05) is 25.1 Å². The third kappa shape index (κ3) is 4.85. The largest absolute Gasteiger partial charge is 0.380 e. The van der Waals surface area contributed by atoms with E-state index in [9.17, 15) is 0 Å². The molecule has 17 heavy (non-hydrogen) atoms. The molecule has 0 bridgehead atoms. The van der Waals surface area contributed by atoms with Crippen molar-refractivity contribution in [1.82, 2.24) is 0 Å². The Morgan fingerprint density at radius 1 is 1.29 bits per heavy atom. The van der Waals surface area contributed by atoms with E-state index in [1.165, 1.54) is 0 Å². The number of benzene rings is 1. The van der Waals surface area contributed by atoms with Gasteiger partial charge in [-0.2, -0.15) is 5.26 Å². The fourth-order valence-electron chi connectivity index (χ4n) is 1.44. The zero-order valence-corrected chi connectivity index (χ0v) is 10.3. The van der Waals surface area contributed by atoms with Crippen LogP contribution < -0.4 is 5.32 Å². The van der Waals surface area contributed by atoms with Crippen LogP contribution in [-0.4, -0.2) is 26.0 Å². The Morgan fingerprint density at radius 3 is 2.59 bits per heavy atom. The van der Waals surface area contributed by atoms with Crippen molar-refractivity contribution in [3.05, 3.63) is 29.8 Å². The Hall–Kier alpha value is -1.57. The molecule has 0 saturated carbocycles. The lowest BCUT2D eigenvalue weighted by molar-refractivity contribution is -0.126. The van der Waals surface area contributed by atoms with Gasteiger partial charge in [0.05, 0.1) is 18.2 Å². The van der Waals surface area contributed by atoms with E-state index in [1.807, 2.05) is 26.0 Å². The van der Waals surface area contributed by atoms with E-state index >= 15 is 0 Å². The molecule has 0 fully saturated rings. The van der Waals surface area contributed by atoms with Gasteiger partial charge in [-0.1, -0.05) is 6.07 Å². The van der Waals surface area contributed by atoms with E-state index in [0.717, 1.165) is 5.69 Å². The molecule has 0 atom stereocenters. The van der Waals surface area contributed by atoms with Gasteiger partial charge in [-0.05, 0) is 32.0 Å². The van der Waals surface area contributed by atoms with Crippen LogP contribution in [0.4, 0.5) is 5.69 Å². The van der Waals surface area contributed by atoms with Crippen molar-refractivity contribution < 1.29 is 9.47 Å². The van der Waals surface area contributed by atoms with Gasteiger partial charge in [0.15, 0.2) is 6.29 Å². The number of rotatable bonds is 7. The molecule has 0 radical (unpaired) electrons. The monoisotopic (exact) mass is 234 g/mol. The Morgan fingerprint density at radius 2 is 2.00 bits per heavy atom. The van der Waals surface area contributed by atoms with Crippen LogP contribution >= 0.6 is 0 Å². The maximum Gasteiger partial charge on any atom is 0.174 e. The second-order valence-electron chi connectivity index (χ2n) is 3.41. The summed E-state index contributed by atoms with van der Waals surface area (Å²) in [6.07, 6.45) is -0.254. The van der Waals surface area contributed by atoms with Crippen molar-refractivity contribution in [1.29, 1.82) is 5.26 Å². The number of nitrogens with zero attached hydrogens (tertiary/aromatic N) is 1. The minimum atomic E-state index is -0.254. The van der Waals surface area contributed by atoms with Crippen LogP contribution in [0.5, 0.6) is 0 Å². The molecule has 4 nitrogen and oxygen atoms in total. The van der Waals surface area contributed by atoms with Gasteiger partial charge in [0.25, 0.3) is 0 Å². The molecule has 1 N–H and O–H groups in total. The summed E-state index contributed by atoms with van der Waals surface area (Å²) in [5.41, 5.74) is 1.54. The normalized spacial score (nSPS) is 10.2. The molecule has 0 unspecified atom stereocenters. The average molecular weight is 234 g/mol. The number of hydrogen-bond acceptors (Lipinski definition) is 4. The fraction of sp³-hybridized carbons (Fsp3) is 0.462. The van der Waals surface area contributed by atoms with E-state index < -0.39 is 0 Å². The molecule has 1 aromatic carbocycles. The van der Waals surface area contributed by atoms with Crippen LogP contribution in [0.2, 0.25) is 0 Å². The van der Waals surface area contributed by atoms with Gasteiger partial charge < -0.3 is 14.8 Å². The topological polar surface area (TPSA) is 54.3 Å². The second kappa shape index (κ2) is 7.66. The molecule has 0 heterocycles. The molecule has 0 amide bonds. The third-order valence-electron chi connectivity index (χ3n) is 2.17. The minimum absolute atomic E-state index is 0.254. The quantitative estimate of drug-likeness (QED) is 0.736. The van der Waals surface area contributed by atoms with Crippen molar-refractivity contribution in [2.45, 2.75) is 20.1 Å². The number of ether oxygens (including phenoxy) is 2. The van der Waals surface area contributed by atoms with Gasteiger partial charge in [-0.15, -0.1) is 0 Å². The molecule has 1 rings (SSSR count). The minimum Gasteiger partial charge on any atom is -0.380 e. The van der Waals surface area contributed by atoms with E-state index in [1.54, 1.807) is 12.1 Å². The standard InChI is InChI=1S/C13H18N2O2/c1-3-16-13(17-4-2)10-15-12-7-5-6-11(8-12)9-14/h5-8,13,15H,3-4,10H2,1-2H3. The molecule has 0 spiro atoms. The Bertz CT molecular complexity index is 368. The number of nitrogens with one attached hydrogen (secondary N) is 1. The van der Waals surface area contributed by atoms with Crippen molar-refractivity contribution in [3.8, 4) is 6.07 Å². The number of nitriles is 1. The average Bonchev–Trinajstić information content (AvgIpc) is 2.37. The highest BCUT2D eigenvalue weighted by Gasteiger charge is 2.07. The molecule has 1 aromatic rings. The fourth-order valence-corrected chi connectivity index (χ4v) is 1.44. The summed E-state index contributed by atoms with van der Waals surface area (Å²) in [6, 6.07) is 9.43. The van der Waals surface area contributed by atoms with Crippen LogP contribution in [-0.2, 0) is 9.47 Å². The van der Waals surface area contributed by atoms with Gasteiger partial charge in [-0.25, -0.2) is 0 Å². The number of anilines is 1. The highest BCUT2D eigenvalue weighted by Crippen LogP contribution is 2.10. The van der Waals surface area contributed by atoms with Crippen LogP contribution in [0.15, 0.2) is 24.3 Å². The van der Waals surface area contributed by atoms with E-state index in [-0.39, 0.29) is 6.29 Å². The third-order valence-corrected chi connectivity index (χ3v) is 2.17. The Balaban J connectivity index is 2.49. The molecule has 0 aliphatic carbocycles. The van der Waals surface area contributed by atoms with Gasteiger partial charge in [0.1, 0.15) is 0 Å². The molecular formula is C13H18N2O2. The van der Waals surface area contributed by atoms with E-state index in [0.29, 0.717) is 25.3 Å². The molecule has 0 aliphatic heterocycles. The molecular weight excluding hydrogens is 216 g/mol. The first kappa shape index (κ1) is 13.5. The van der Waals surface area contributed by atoms with Crippen molar-refractivity contribution in [2.24, 2.45) is 0 Å². The summed E-state index contributed by atoms with van der Waals surface area (Å²) in [4.78, 5) is 0. The molecule has 0 saturated heterocycles. The lowest BCUT2D eigenvalue weighted by Crippen LogP contribution is -2.26. The summed E-state index contributed by atoms with van der Waals surface area (Å²) in [7, 11) is 0. The molecule has 0 aromatic heterocycles. The van der Waals surface area contributed by atoms with Crippen LogP contribution in [0, 0.1) is 11.3 Å². The van der Waals surface area contributed by atoms with Gasteiger partial charge in [0.2, 0.25) is 0 Å². The highest BCUT2D eigenvalue weighted by atomic mass is 16.7. The summed E-state index contributed by atoms with van der Waals surface area (Å²) in [5, 5.41) is 12.0. The number of hydrogen-bond donors (Lipinski definition) is 1. The molecule has 0 aliphatic rings. The zero-order valence-electron chi connectivity index (χ0n) is 10.3. The molecule has 92 valence electrons. The van der Waals surface area contributed by atoms with E-state index in [2.05, 4.69) is 11.4 Å². The maximum absolute atomic E-state index is 8.78. The first-order chi connectivity index (χ1) is 8.30. The van der Waals surface area contributed by atoms with E-state index in [4.69, 9.17) is 14.7 Å². The predicted octanol–water partition coefficient (Wildman–Crippen LogP) is 2.37. The predicted molar refractivity (Wildman–Crippen MR) is 66.7 cm³/mol. The summed E-state index contributed by atoms with van der Waals surface area (Å²) >= 11 is 0. The van der Waals surface area contributed by atoms with Crippen molar-refractivity contribution in [3.63, 3.8) is 0 Å².